The molecule has 0 amide bonds. The molecule has 0 saturated heterocycles. The fraction of sp³-hybridized carbons (Fsp3) is 0. The summed E-state index contributed by atoms with van der Waals surface area (Å²) in [5.41, 5.74) is 16.5. The molecule has 0 atom stereocenters. The average Bonchev–Trinajstić information content (AvgIpc) is 3.99. The minimum Gasteiger partial charge on any atom is -0.309 e. The molecule has 0 N–H and O–H groups in total. The lowest BCUT2D eigenvalue weighted by Crippen LogP contribution is -2.01. The second-order valence-corrected chi connectivity index (χ2v) is 15.8. The third-order valence-corrected chi connectivity index (χ3v) is 12.5. The summed E-state index contributed by atoms with van der Waals surface area (Å²) < 4.78 is 7.30. The molecule has 0 fully saturated rings. The zero-order valence-corrected chi connectivity index (χ0v) is 32.9. The van der Waals surface area contributed by atoms with Crippen LogP contribution in [0.5, 0.6) is 0 Å². The maximum Gasteiger partial charge on any atom is 0.0994 e. The topological polar surface area (TPSA) is 40.6 Å². The van der Waals surface area contributed by atoms with Gasteiger partial charge in [-0.1, -0.05) is 133 Å². The summed E-state index contributed by atoms with van der Waals surface area (Å²) in [4.78, 5) is 10.3. The lowest BCUT2D eigenvalue weighted by molar-refractivity contribution is 1.13. The number of fused-ring (bicyclic) bond motifs is 13. The summed E-state index contributed by atoms with van der Waals surface area (Å²) in [5, 5.41) is 6.94. The van der Waals surface area contributed by atoms with E-state index in [2.05, 4.69) is 214 Å². The summed E-state index contributed by atoms with van der Waals surface area (Å²) >= 11 is 0. The van der Waals surface area contributed by atoms with E-state index in [1.807, 2.05) is 12.4 Å². The van der Waals surface area contributed by atoms with Crippen molar-refractivity contribution in [3.8, 4) is 39.3 Å². The Kier molecular flexibility index (Phi) is 7.24. The van der Waals surface area contributed by atoms with E-state index in [1.165, 1.54) is 32.9 Å². The molecule has 13 aromatic rings. The number of rotatable bonds is 5. The lowest BCUT2D eigenvalue weighted by atomic mass is 9.98. The minimum absolute atomic E-state index is 0.895. The summed E-state index contributed by atoms with van der Waals surface area (Å²) in [6.45, 7) is 0. The van der Waals surface area contributed by atoms with Crippen LogP contribution in [-0.4, -0.2) is 23.7 Å². The zero-order valence-electron chi connectivity index (χ0n) is 32.9. The van der Waals surface area contributed by atoms with Crippen LogP contribution in [-0.2, 0) is 0 Å². The van der Waals surface area contributed by atoms with E-state index in [4.69, 9.17) is 9.97 Å². The van der Waals surface area contributed by atoms with E-state index in [9.17, 15) is 0 Å². The van der Waals surface area contributed by atoms with Crippen molar-refractivity contribution in [2.75, 3.05) is 0 Å². The highest BCUT2D eigenvalue weighted by Crippen LogP contribution is 2.46. The van der Waals surface area contributed by atoms with Crippen molar-refractivity contribution in [2.24, 2.45) is 0 Å². The van der Waals surface area contributed by atoms with E-state index < -0.39 is 0 Å². The number of nitrogens with zero attached hydrogens (tertiary/aromatic N) is 5. The Hall–Kier alpha value is -8.28. The normalized spacial score (nSPS) is 11.9. The molecule has 0 saturated carbocycles. The molecule has 0 bridgehead atoms. The maximum absolute atomic E-state index is 5.14. The summed E-state index contributed by atoms with van der Waals surface area (Å²) in [5.74, 6) is 0. The highest BCUT2D eigenvalue weighted by molar-refractivity contribution is 6.35. The molecule has 5 nitrogen and oxygen atoms in total. The van der Waals surface area contributed by atoms with Crippen LogP contribution in [0.25, 0.3) is 116 Å². The Morgan fingerprint density at radius 2 is 0.639 bits per heavy atom. The molecular formula is C56H35N5. The molecule has 0 unspecified atom stereocenters. The van der Waals surface area contributed by atoms with Gasteiger partial charge in [-0.15, -0.1) is 0 Å². The molecule has 4 aromatic heterocycles. The smallest absolute Gasteiger partial charge is 0.0994 e. The van der Waals surface area contributed by atoms with Crippen molar-refractivity contribution in [3.63, 3.8) is 0 Å². The summed E-state index contributed by atoms with van der Waals surface area (Å²) in [7, 11) is 0. The van der Waals surface area contributed by atoms with Gasteiger partial charge in [-0.05, 0) is 89.0 Å². The van der Waals surface area contributed by atoms with Gasteiger partial charge < -0.3 is 13.7 Å². The van der Waals surface area contributed by atoms with Gasteiger partial charge in [0.05, 0.1) is 44.1 Å². The van der Waals surface area contributed by atoms with Crippen molar-refractivity contribution >= 4 is 76.5 Å². The molecule has 284 valence electrons. The van der Waals surface area contributed by atoms with Gasteiger partial charge >= 0.3 is 0 Å². The number of hydrogen-bond donors (Lipinski definition) is 0. The Balaban J connectivity index is 1.16. The first kappa shape index (κ1) is 33.7. The Labute approximate surface area is 350 Å². The molecular weight excluding hydrogens is 743 g/mol. The fourth-order valence-corrected chi connectivity index (χ4v) is 9.93. The van der Waals surface area contributed by atoms with Gasteiger partial charge in [-0.2, -0.15) is 0 Å². The minimum atomic E-state index is 0.895. The van der Waals surface area contributed by atoms with Gasteiger partial charge in [0.15, 0.2) is 0 Å². The van der Waals surface area contributed by atoms with Crippen molar-refractivity contribution in [2.45, 2.75) is 0 Å². The fourth-order valence-electron chi connectivity index (χ4n) is 9.93. The first-order valence-corrected chi connectivity index (χ1v) is 20.7. The van der Waals surface area contributed by atoms with Crippen LogP contribution in [0.3, 0.4) is 0 Å². The predicted octanol–water partition coefficient (Wildman–Crippen LogP) is 14.3. The SMILES string of the molecule is c1ccc(-c2cc(-c3ccccc3)cc(-n3c4ccccc4c4c5nccnc5c5c6ccccc6n(-c6ccc(-n7c8ccccc8c8ccccc87)cc6)c5c43)c2)cc1. The number of para-hydroxylation sites is 4. The van der Waals surface area contributed by atoms with Gasteiger partial charge in [0.1, 0.15) is 0 Å². The van der Waals surface area contributed by atoms with E-state index in [1.54, 1.807) is 0 Å². The average molecular weight is 778 g/mol. The van der Waals surface area contributed by atoms with Crippen molar-refractivity contribution < 1.29 is 0 Å². The van der Waals surface area contributed by atoms with Crippen molar-refractivity contribution in [1.82, 2.24) is 23.7 Å². The monoisotopic (exact) mass is 777 g/mol. The second-order valence-electron chi connectivity index (χ2n) is 15.8. The van der Waals surface area contributed by atoms with Crippen LogP contribution in [0.1, 0.15) is 0 Å². The molecule has 0 aliphatic heterocycles. The third-order valence-electron chi connectivity index (χ3n) is 12.5. The van der Waals surface area contributed by atoms with Crippen LogP contribution in [0.15, 0.2) is 213 Å². The largest absolute Gasteiger partial charge is 0.309 e. The molecule has 0 aliphatic rings. The molecule has 0 radical (unpaired) electrons. The first-order chi connectivity index (χ1) is 30.3. The van der Waals surface area contributed by atoms with Crippen molar-refractivity contribution in [1.29, 1.82) is 0 Å². The van der Waals surface area contributed by atoms with Gasteiger partial charge in [-0.25, -0.2) is 0 Å². The van der Waals surface area contributed by atoms with Crippen LogP contribution < -0.4 is 0 Å². The molecule has 9 aromatic carbocycles. The Bertz CT molecular complexity index is 3740. The van der Waals surface area contributed by atoms with Crippen LogP contribution in [0.2, 0.25) is 0 Å². The van der Waals surface area contributed by atoms with Crippen LogP contribution >= 0.6 is 0 Å². The van der Waals surface area contributed by atoms with E-state index in [0.717, 1.165) is 82.8 Å². The molecule has 0 spiro atoms. The molecule has 61 heavy (non-hydrogen) atoms. The third kappa shape index (κ3) is 4.95. The number of hydrogen-bond acceptors (Lipinski definition) is 2. The molecule has 4 heterocycles. The Morgan fingerprint density at radius 3 is 1.10 bits per heavy atom. The highest BCUT2D eigenvalue weighted by Gasteiger charge is 2.26. The standard InChI is InChI=1S/C56H35N5/c1-3-15-36(16-4-1)38-33-39(37-17-5-2-6-18-37)35-42(34-38)61-50-26-14-10-22-46(50)52-54-53(57-31-32-58-54)51-45-21-9-13-25-49(45)60(55(51)56(52)61)41-29-27-40(28-30-41)59-47-23-11-7-19-43(47)44-20-8-12-24-48(44)59/h1-35H. The molecule has 0 aliphatic carbocycles. The number of aromatic nitrogens is 5. The van der Waals surface area contributed by atoms with Crippen LogP contribution in [0.4, 0.5) is 0 Å². The van der Waals surface area contributed by atoms with E-state index >= 15 is 0 Å². The Morgan fingerprint density at radius 1 is 0.279 bits per heavy atom. The predicted molar refractivity (Wildman–Crippen MR) is 253 cm³/mol. The first-order valence-electron chi connectivity index (χ1n) is 20.7. The van der Waals surface area contributed by atoms with Gasteiger partial charge in [-0.3, -0.25) is 9.97 Å². The zero-order chi connectivity index (χ0) is 40.0. The van der Waals surface area contributed by atoms with Gasteiger partial charge in [0.2, 0.25) is 0 Å². The van der Waals surface area contributed by atoms with Crippen molar-refractivity contribution in [3.05, 3.63) is 213 Å². The number of benzene rings is 9. The molecule has 5 heteroatoms. The summed E-state index contributed by atoms with van der Waals surface area (Å²) in [6, 6.07) is 72.3. The van der Waals surface area contributed by atoms with Crippen LogP contribution in [0, 0.1) is 0 Å². The van der Waals surface area contributed by atoms with Gasteiger partial charge in [0, 0.05) is 61.8 Å². The van der Waals surface area contributed by atoms with E-state index in [0.29, 0.717) is 0 Å². The van der Waals surface area contributed by atoms with Gasteiger partial charge in [0.25, 0.3) is 0 Å². The molecule has 13 rings (SSSR count). The quantitative estimate of drug-likeness (QED) is 0.175. The second kappa shape index (κ2) is 13.1. The summed E-state index contributed by atoms with van der Waals surface area (Å²) in [6.07, 6.45) is 3.66. The lowest BCUT2D eigenvalue weighted by Gasteiger charge is -2.16. The highest BCUT2D eigenvalue weighted by atomic mass is 15.1. The van der Waals surface area contributed by atoms with E-state index in [-0.39, 0.29) is 0 Å². The maximum atomic E-state index is 5.14.